The molecule has 0 unspecified atom stereocenters. The van der Waals surface area contributed by atoms with Gasteiger partial charge in [-0.25, -0.2) is 0 Å². The maximum absolute atomic E-state index is 12.3. The zero-order chi connectivity index (χ0) is 18.3. The number of hydrogen-bond acceptors (Lipinski definition) is 2. The van der Waals surface area contributed by atoms with Crippen LogP contribution in [0.5, 0.6) is 0 Å². The predicted molar refractivity (Wildman–Crippen MR) is 109 cm³/mol. The normalized spacial score (nSPS) is 32.9. The summed E-state index contributed by atoms with van der Waals surface area (Å²) in [6.07, 6.45) is 8.61. The Morgan fingerprint density at radius 1 is 1.15 bits per heavy atom. The average molecular weight is 391 g/mol. The number of thiocarbonyl (C=S) groups is 1. The fourth-order valence-corrected chi connectivity index (χ4v) is 6.47. The van der Waals surface area contributed by atoms with Crippen molar-refractivity contribution >= 4 is 34.8 Å². The minimum Gasteiger partial charge on any atom is -0.359 e. The van der Waals surface area contributed by atoms with Gasteiger partial charge in [0.25, 0.3) is 0 Å². The Morgan fingerprint density at radius 2 is 1.69 bits per heavy atom. The molecule has 0 radical (unpaired) electrons. The van der Waals surface area contributed by atoms with Gasteiger partial charge in [-0.3, -0.25) is 4.79 Å². The molecule has 0 spiro atoms. The summed E-state index contributed by atoms with van der Waals surface area (Å²) in [5, 5.41) is 7.44. The molecule has 0 heterocycles. The molecule has 2 N–H and O–H groups in total. The molecule has 1 amide bonds. The van der Waals surface area contributed by atoms with Crippen LogP contribution in [0.25, 0.3) is 0 Å². The topological polar surface area (TPSA) is 41.1 Å². The van der Waals surface area contributed by atoms with E-state index in [1.54, 1.807) is 12.1 Å². The number of carbonyl (C=O) groups is 1. The van der Waals surface area contributed by atoms with E-state index in [9.17, 15) is 4.79 Å². The van der Waals surface area contributed by atoms with Crippen molar-refractivity contribution in [3.05, 3.63) is 34.9 Å². The summed E-state index contributed by atoms with van der Waals surface area (Å²) in [4.78, 5) is 12.3. The highest BCUT2D eigenvalue weighted by Gasteiger charge is 2.53. The Morgan fingerprint density at radius 3 is 2.23 bits per heavy atom. The van der Waals surface area contributed by atoms with Crippen molar-refractivity contribution in [2.45, 2.75) is 57.9 Å². The third-order valence-electron chi connectivity index (χ3n) is 6.88. The minimum atomic E-state index is -0.0810. The highest BCUT2D eigenvalue weighted by atomic mass is 35.5. The third kappa shape index (κ3) is 3.77. The molecular weight excluding hydrogens is 364 g/mol. The first-order chi connectivity index (χ1) is 12.4. The average Bonchev–Trinajstić information content (AvgIpc) is 2.55. The molecule has 0 aromatic heterocycles. The second kappa shape index (κ2) is 7.12. The van der Waals surface area contributed by atoms with Crippen molar-refractivity contribution in [2.75, 3.05) is 0 Å². The SMILES string of the molecule is C[C@H](NC(=S)NC(=O)Cc1ccc(Cl)cc1)C12CC3CC(CC(C3)C1)C2. The predicted octanol–water partition coefficient (Wildman–Crippen LogP) is 4.48. The van der Waals surface area contributed by atoms with Crippen molar-refractivity contribution in [3.8, 4) is 0 Å². The number of nitrogens with one attached hydrogen (secondary N) is 2. The zero-order valence-electron chi connectivity index (χ0n) is 15.3. The number of halogens is 1. The third-order valence-corrected chi connectivity index (χ3v) is 7.35. The Hall–Kier alpha value is -1.13. The van der Waals surface area contributed by atoms with Gasteiger partial charge in [0.1, 0.15) is 0 Å². The van der Waals surface area contributed by atoms with Crippen LogP contribution in [0.3, 0.4) is 0 Å². The van der Waals surface area contributed by atoms with Crippen molar-refractivity contribution in [3.63, 3.8) is 0 Å². The molecule has 3 nitrogen and oxygen atoms in total. The van der Waals surface area contributed by atoms with Gasteiger partial charge in [-0.05, 0) is 98.5 Å². The number of benzene rings is 1. The maximum atomic E-state index is 12.3. The van der Waals surface area contributed by atoms with Gasteiger partial charge in [-0.2, -0.15) is 0 Å². The van der Waals surface area contributed by atoms with E-state index in [-0.39, 0.29) is 5.91 Å². The summed E-state index contributed by atoms with van der Waals surface area (Å²) in [5.41, 5.74) is 1.31. The largest absolute Gasteiger partial charge is 0.359 e. The van der Waals surface area contributed by atoms with E-state index in [4.69, 9.17) is 23.8 Å². The number of carbonyl (C=O) groups excluding carboxylic acids is 1. The van der Waals surface area contributed by atoms with Gasteiger partial charge in [0, 0.05) is 11.1 Å². The molecule has 4 bridgehead atoms. The summed E-state index contributed by atoms with van der Waals surface area (Å²) in [6, 6.07) is 7.66. The lowest BCUT2D eigenvalue weighted by Gasteiger charge is -2.59. The van der Waals surface area contributed by atoms with Gasteiger partial charge < -0.3 is 10.6 Å². The molecular formula is C21H27ClN2OS. The molecule has 4 fully saturated rings. The lowest BCUT2D eigenvalue weighted by molar-refractivity contribution is -0.119. The first kappa shape index (κ1) is 18.2. The van der Waals surface area contributed by atoms with Crippen LogP contribution >= 0.6 is 23.8 Å². The van der Waals surface area contributed by atoms with Crippen LogP contribution in [0.15, 0.2) is 24.3 Å². The van der Waals surface area contributed by atoms with Crippen LogP contribution in [-0.2, 0) is 11.2 Å². The zero-order valence-corrected chi connectivity index (χ0v) is 16.8. The fraction of sp³-hybridized carbons (Fsp3) is 0.619. The molecule has 4 saturated carbocycles. The molecule has 0 aliphatic heterocycles. The van der Waals surface area contributed by atoms with Gasteiger partial charge in [0.15, 0.2) is 5.11 Å². The number of amides is 1. The Kier molecular flexibility index (Phi) is 5.00. The summed E-state index contributed by atoms with van der Waals surface area (Å²) >= 11 is 11.3. The summed E-state index contributed by atoms with van der Waals surface area (Å²) in [7, 11) is 0. The molecule has 4 aliphatic rings. The Bertz CT molecular complexity index is 667. The van der Waals surface area contributed by atoms with Gasteiger partial charge >= 0.3 is 0 Å². The highest BCUT2D eigenvalue weighted by Crippen LogP contribution is 2.61. The van der Waals surface area contributed by atoms with Crippen molar-refractivity contribution < 1.29 is 4.79 Å². The quantitative estimate of drug-likeness (QED) is 0.745. The molecule has 5 rings (SSSR count). The summed E-state index contributed by atoms with van der Waals surface area (Å²) < 4.78 is 0. The standard InChI is InChI=1S/C21H27ClN2OS/c1-13(21-10-15-6-16(11-21)8-17(7-15)12-21)23-20(26)24-19(25)9-14-2-4-18(22)5-3-14/h2-5,13,15-17H,6-12H2,1H3,(H2,23,24,25,26)/t13-,15?,16?,17?,21?/m0/s1. The van der Waals surface area contributed by atoms with E-state index < -0.39 is 0 Å². The van der Waals surface area contributed by atoms with Crippen LogP contribution in [0.4, 0.5) is 0 Å². The second-order valence-corrected chi connectivity index (χ2v) is 9.67. The molecule has 1 aromatic carbocycles. The van der Waals surface area contributed by atoms with Gasteiger partial charge in [0.2, 0.25) is 5.91 Å². The molecule has 26 heavy (non-hydrogen) atoms. The number of hydrogen-bond donors (Lipinski definition) is 2. The van der Waals surface area contributed by atoms with Crippen LogP contribution in [0, 0.1) is 23.2 Å². The van der Waals surface area contributed by atoms with Gasteiger partial charge in [-0.15, -0.1) is 0 Å². The van der Waals surface area contributed by atoms with Crippen molar-refractivity contribution in [1.82, 2.24) is 10.6 Å². The van der Waals surface area contributed by atoms with Crippen molar-refractivity contribution in [2.24, 2.45) is 23.2 Å². The highest BCUT2D eigenvalue weighted by molar-refractivity contribution is 7.80. The van der Waals surface area contributed by atoms with E-state index in [1.807, 2.05) is 12.1 Å². The van der Waals surface area contributed by atoms with Crippen LogP contribution < -0.4 is 10.6 Å². The Balaban J connectivity index is 1.31. The smallest absolute Gasteiger partial charge is 0.230 e. The monoisotopic (exact) mass is 390 g/mol. The second-order valence-electron chi connectivity index (χ2n) is 8.83. The summed E-state index contributed by atoms with van der Waals surface area (Å²) in [5.74, 6) is 2.67. The molecule has 5 heteroatoms. The lowest BCUT2D eigenvalue weighted by atomic mass is 9.48. The lowest BCUT2D eigenvalue weighted by Crippen LogP contribution is -2.57. The van der Waals surface area contributed by atoms with Crippen molar-refractivity contribution in [1.29, 1.82) is 0 Å². The van der Waals surface area contributed by atoms with E-state index in [1.165, 1.54) is 38.5 Å². The van der Waals surface area contributed by atoms with Crippen LogP contribution in [0.2, 0.25) is 5.02 Å². The van der Waals surface area contributed by atoms with Crippen LogP contribution in [0.1, 0.15) is 51.0 Å². The van der Waals surface area contributed by atoms with Gasteiger partial charge in [-0.1, -0.05) is 23.7 Å². The van der Waals surface area contributed by atoms with E-state index in [0.717, 1.165) is 23.3 Å². The molecule has 1 aromatic rings. The first-order valence-electron chi connectivity index (χ1n) is 9.77. The van der Waals surface area contributed by atoms with E-state index >= 15 is 0 Å². The van der Waals surface area contributed by atoms with E-state index in [0.29, 0.717) is 28.0 Å². The van der Waals surface area contributed by atoms with Gasteiger partial charge in [0.05, 0.1) is 6.42 Å². The molecule has 0 saturated heterocycles. The number of rotatable bonds is 4. The molecule has 1 atom stereocenters. The Labute approximate surface area is 166 Å². The van der Waals surface area contributed by atoms with Crippen LogP contribution in [-0.4, -0.2) is 17.1 Å². The minimum absolute atomic E-state index is 0.0810. The van der Waals surface area contributed by atoms with E-state index in [2.05, 4.69) is 17.6 Å². The fourth-order valence-electron chi connectivity index (χ4n) is 6.05. The molecule has 4 aliphatic carbocycles. The molecule has 140 valence electrons. The maximum Gasteiger partial charge on any atom is 0.230 e. The first-order valence-corrected chi connectivity index (χ1v) is 10.6. The summed E-state index contributed by atoms with van der Waals surface area (Å²) in [6.45, 7) is 2.25.